The molecule has 4 heterocycles. The molecule has 4 rings (SSSR count). The van der Waals surface area contributed by atoms with Gasteiger partial charge in [0, 0.05) is 0 Å². The Morgan fingerprint density at radius 3 is 0.689 bits per heavy atom. The molecule has 4 aliphatic heterocycles. The first-order valence-electron chi connectivity index (χ1n) is 18.0. The molecular weight excluding hydrogens is 894 g/mol. The molecule has 4 aliphatic rings. The average molecular weight is 947 g/mol. The van der Waals surface area contributed by atoms with Crippen LogP contribution in [0.4, 0.5) is 0 Å². The van der Waals surface area contributed by atoms with Crippen LogP contribution in [0, 0.1) is 0 Å². The zero-order valence-corrected chi connectivity index (χ0v) is 32.8. The molecule has 0 saturated carbocycles. The maximum Gasteiger partial charge on any atom is 0.488 e. The Morgan fingerprint density at radius 1 is 0.344 bits per heavy atom. The fourth-order valence-corrected chi connectivity index (χ4v) is 9.70. The Labute approximate surface area is 342 Å². The van der Waals surface area contributed by atoms with E-state index in [1.807, 2.05) is 0 Å². The molecule has 360 valence electrons. The van der Waals surface area contributed by atoms with Gasteiger partial charge in [-0.2, -0.15) is 4.31 Å². The van der Waals surface area contributed by atoms with Gasteiger partial charge in [0.25, 0.3) is 0 Å². The summed E-state index contributed by atoms with van der Waals surface area (Å²) in [5.41, 5.74) is 0. The number of phosphoric acid groups is 2. The van der Waals surface area contributed by atoms with Crippen LogP contribution in [0.15, 0.2) is 0 Å². The van der Waals surface area contributed by atoms with Crippen molar-refractivity contribution in [3.05, 3.63) is 0 Å². The molecule has 0 radical (unpaired) electrons. The molecule has 0 spiro atoms. The van der Waals surface area contributed by atoms with E-state index in [4.69, 9.17) is 41.4 Å². The summed E-state index contributed by atoms with van der Waals surface area (Å²) >= 11 is 0. The van der Waals surface area contributed by atoms with Crippen LogP contribution in [-0.2, 0) is 50.5 Å². The number of aliphatic hydroxyl groups excluding tert-OH is 20. The minimum absolute atomic E-state index is 1.22. The van der Waals surface area contributed by atoms with Crippen molar-refractivity contribution in [2.75, 3.05) is 26.4 Å². The molecule has 0 amide bonds. The van der Waals surface area contributed by atoms with E-state index in [9.17, 15) is 111 Å². The molecule has 0 unspecified atom stereocenters. The number of hydrogen-bond donors (Lipinski definition) is 20. The van der Waals surface area contributed by atoms with Gasteiger partial charge in [-0.3, -0.25) is 18.1 Å². The summed E-state index contributed by atoms with van der Waals surface area (Å²) in [4.78, 5) is 0. The number of hydrogen-bond acceptors (Lipinski definition) is 31. The predicted molar refractivity (Wildman–Crippen MR) is 180 cm³/mol. The summed E-state index contributed by atoms with van der Waals surface area (Å²) in [6, 6.07) is 0. The lowest BCUT2D eigenvalue weighted by Crippen LogP contribution is -2.62. The molecule has 20 N–H and O–H groups in total. The van der Waals surface area contributed by atoms with E-state index in [-0.39, 0.29) is 0 Å². The topological polar surface area (TPSA) is 522 Å². The summed E-state index contributed by atoms with van der Waals surface area (Å²) in [7, 11) is -13.0. The molecule has 0 bridgehead atoms. The summed E-state index contributed by atoms with van der Waals surface area (Å²) in [5, 5.41) is 205. The first kappa shape index (κ1) is 52.9. The van der Waals surface area contributed by atoms with E-state index in [1.54, 1.807) is 0 Å². The Morgan fingerprint density at radius 2 is 0.525 bits per heavy atom. The van der Waals surface area contributed by atoms with E-state index in [0.717, 1.165) is 0 Å². The Bertz CT molecular complexity index is 1270. The highest BCUT2D eigenvalue weighted by Crippen LogP contribution is 2.69. The standard InChI is InChI=1S/C28H52O31P2/c29-1-5(33)21-13(41)9(37)17(45)25(51-21)55-60(49,56-26-18(46)10(38)14(42)22(52-26)6(34)2-30)59-61(50,57-27-19(47)11(39)15(43)23(53-27)7(35)3-31)58-28-20(48)12(40)16(44)24(54-28)8(36)4-32/h5-48H,1-4H2/t5-,6-,7-,8-,9+,10+,11+,12+,13+,14+,15+,16+,17+,18+,19+,20+,21-,22-,23-,24-,25+,26+,27+,28+/m1/s1. The first-order valence-corrected chi connectivity index (χ1v) is 20.9. The van der Waals surface area contributed by atoms with Crippen LogP contribution < -0.4 is 0 Å². The van der Waals surface area contributed by atoms with Gasteiger partial charge < -0.3 is 121 Å². The van der Waals surface area contributed by atoms with E-state index >= 15 is 0 Å². The molecule has 4 saturated heterocycles. The number of aliphatic hydroxyl groups is 20. The largest absolute Gasteiger partial charge is 0.488 e. The molecule has 0 aromatic rings. The van der Waals surface area contributed by atoms with Crippen molar-refractivity contribution >= 4 is 15.6 Å². The molecule has 24 atom stereocenters. The van der Waals surface area contributed by atoms with Crippen molar-refractivity contribution < 1.29 is 153 Å². The van der Waals surface area contributed by atoms with Gasteiger partial charge in [0.2, 0.25) is 0 Å². The van der Waals surface area contributed by atoms with Gasteiger partial charge >= 0.3 is 15.6 Å². The van der Waals surface area contributed by atoms with Gasteiger partial charge in [-0.25, -0.2) is 9.13 Å². The van der Waals surface area contributed by atoms with Gasteiger partial charge in [0.15, 0.2) is 25.2 Å². The van der Waals surface area contributed by atoms with Crippen molar-refractivity contribution in [2.24, 2.45) is 0 Å². The van der Waals surface area contributed by atoms with Gasteiger partial charge in [-0.15, -0.1) is 0 Å². The number of phosphoric ester groups is 2. The highest BCUT2D eigenvalue weighted by atomic mass is 31.3. The van der Waals surface area contributed by atoms with Crippen LogP contribution >= 0.6 is 15.6 Å². The van der Waals surface area contributed by atoms with Crippen molar-refractivity contribution in [3.8, 4) is 0 Å². The summed E-state index contributed by atoms with van der Waals surface area (Å²) < 4.78 is 75.6. The highest BCUT2D eigenvalue weighted by molar-refractivity contribution is 7.62. The second kappa shape index (κ2) is 21.7. The SMILES string of the molecule is O=P(O[C@@H]1O[C@H]([C@H](O)CO)[C@@H](O)[C@H](O)[C@@H]1O)(O[C@@H]1O[C@H]([C@H](O)CO)[C@@H](O)[C@H](O)[C@@H]1O)OP(=O)(O[C@@H]1O[C@H]([C@H](O)CO)[C@@H](O)[C@H](O)[C@@H]1O)O[C@@H]1O[C@H]([C@H](O)CO)[C@@H](O)[C@H](O)[C@@H]1O. The van der Waals surface area contributed by atoms with Crippen LogP contribution in [0.5, 0.6) is 0 Å². The van der Waals surface area contributed by atoms with Gasteiger partial charge in [-0.05, 0) is 0 Å². The second-order valence-corrected chi connectivity index (χ2v) is 17.4. The predicted octanol–water partition coefficient (Wildman–Crippen LogP) is -12.1. The molecule has 0 aromatic carbocycles. The first-order chi connectivity index (χ1) is 28.4. The van der Waals surface area contributed by atoms with E-state index in [1.165, 1.54) is 0 Å². The Hall–Kier alpha value is -0.700. The van der Waals surface area contributed by atoms with Crippen LogP contribution in [0.25, 0.3) is 0 Å². The van der Waals surface area contributed by atoms with E-state index in [0.29, 0.717) is 0 Å². The molecule has 31 nitrogen and oxygen atoms in total. The summed E-state index contributed by atoms with van der Waals surface area (Å²) in [6.07, 6.45) is -57.8. The minimum Gasteiger partial charge on any atom is -0.394 e. The molecule has 4 fully saturated rings. The average Bonchev–Trinajstić information content (AvgIpc) is 3.23. The lowest BCUT2D eigenvalue weighted by molar-refractivity contribution is -0.311. The maximum absolute atomic E-state index is 14.8. The second-order valence-electron chi connectivity index (χ2n) is 14.2. The molecule has 33 heteroatoms. The van der Waals surface area contributed by atoms with Gasteiger partial charge in [0.05, 0.1) is 26.4 Å². The van der Waals surface area contributed by atoms with Crippen LogP contribution in [0.1, 0.15) is 0 Å². The fourth-order valence-electron chi connectivity index (χ4n) is 6.29. The van der Waals surface area contributed by atoms with Gasteiger partial charge in [0.1, 0.15) is 122 Å². The third-order valence-electron chi connectivity index (χ3n) is 9.82. The van der Waals surface area contributed by atoms with Crippen molar-refractivity contribution in [3.63, 3.8) is 0 Å². The van der Waals surface area contributed by atoms with E-state index in [2.05, 4.69) is 0 Å². The van der Waals surface area contributed by atoms with Crippen molar-refractivity contribution in [1.82, 2.24) is 0 Å². The number of rotatable bonds is 18. The molecular formula is C28H52O31P2. The molecule has 61 heavy (non-hydrogen) atoms. The fraction of sp³-hybridized carbons (Fsp3) is 1.00. The van der Waals surface area contributed by atoms with Crippen molar-refractivity contribution in [1.29, 1.82) is 0 Å². The quantitative estimate of drug-likeness (QED) is 0.0567. The number of ether oxygens (including phenoxy) is 4. The third-order valence-corrected chi connectivity index (χ3v) is 13.3. The third kappa shape index (κ3) is 11.6. The lowest BCUT2D eigenvalue weighted by atomic mass is 9.96. The summed E-state index contributed by atoms with van der Waals surface area (Å²) in [5.74, 6) is 0. The van der Waals surface area contributed by atoms with Gasteiger partial charge in [-0.1, -0.05) is 0 Å². The zero-order valence-electron chi connectivity index (χ0n) is 31.0. The molecule has 0 aromatic heterocycles. The summed E-state index contributed by atoms with van der Waals surface area (Å²) in [6.45, 7) is -4.88. The van der Waals surface area contributed by atoms with E-state index < -0.39 is 189 Å². The van der Waals surface area contributed by atoms with Crippen LogP contribution in [-0.4, -0.2) is 276 Å². The Kier molecular flexibility index (Phi) is 18.9. The minimum atomic E-state index is -6.52. The zero-order chi connectivity index (χ0) is 46.0. The smallest absolute Gasteiger partial charge is 0.394 e. The molecule has 0 aliphatic carbocycles. The van der Waals surface area contributed by atoms with Crippen LogP contribution in [0.3, 0.4) is 0 Å². The van der Waals surface area contributed by atoms with Crippen molar-refractivity contribution in [2.45, 2.75) is 147 Å². The monoisotopic (exact) mass is 946 g/mol. The normalized spacial score (nSPS) is 44.9. The van der Waals surface area contributed by atoms with Crippen LogP contribution in [0.2, 0.25) is 0 Å². The highest BCUT2D eigenvalue weighted by Gasteiger charge is 2.59. The maximum atomic E-state index is 14.8. The lowest BCUT2D eigenvalue weighted by Gasteiger charge is -2.45. The Balaban J connectivity index is 1.86.